The Morgan fingerprint density at radius 1 is 1.07 bits per heavy atom. The molecule has 6 rings (SSSR count). The lowest BCUT2D eigenvalue weighted by Gasteiger charge is -2.57. The number of aliphatic hydroxyl groups excluding tert-OH is 1. The average molecular weight is 410 g/mol. The van der Waals surface area contributed by atoms with Gasteiger partial charge in [-0.05, 0) is 84.6 Å². The van der Waals surface area contributed by atoms with Gasteiger partial charge in [-0.3, -0.25) is 0 Å². The molecule has 4 fully saturated rings. The number of carboxylic acids is 1. The summed E-state index contributed by atoms with van der Waals surface area (Å²) in [4.78, 5) is 11.6. The summed E-state index contributed by atoms with van der Waals surface area (Å²) < 4.78 is 5.74. The summed E-state index contributed by atoms with van der Waals surface area (Å²) in [7, 11) is 0. The quantitative estimate of drug-likeness (QED) is 0.612. The van der Waals surface area contributed by atoms with Gasteiger partial charge in [-0.2, -0.15) is 0 Å². The molecule has 4 aliphatic carbocycles. The predicted molar refractivity (Wildman–Crippen MR) is 116 cm³/mol. The summed E-state index contributed by atoms with van der Waals surface area (Å²) >= 11 is 0. The first kappa shape index (κ1) is 19.8. The van der Waals surface area contributed by atoms with E-state index in [0.29, 0.717) is 17.7 Å². The zero-order chi connectivity index (χ0) is 20.7. The zero-order valence-corrected chi connectivity index (χ0v) is 17.3. The van der Waals surface area contributed by atoms with Gasteiger partial charge in [0.1, 0.15) is 24.0 Å². The summed E-state index contributed by atoms with van der Waals surface area (Å²) in [5, 5.41) is 25.2. The molecule has 0 saturated heterocycles. The van der Waals surface area contributed by atoms with Crippen LogP contribution in [0.2, 0.25) is 0 Å². The van der Waals surface area contributed by atoms with Crippen LogP contribution in [0.15, 0.2) is 36.4 Å². The SMILES string of the molecule is O=C(O)c1cc2ccccc2cc1OCC(O)CNCC12CC3CC(CC(C3)C1)C2. The Kier molecular flexibility index (Phi) is 5.19. The highest BCUT2D eigenvalue weighted by Gasteiger charge is 2.50. The monoisotopic (exact) mass is 409 g/mol. The zero-order valence-electron chi connectivity index (χ0n) is 17.3. The number of rotatable bonds is 8. The molecule has 4 saturated carbocycles. The Balaban J connectivity index is 1.16. The number of nitrogens with one attached hydrogen (secondary N) is 1. The van der Waals surface area contributed by atoms with E-state index in [-0.39, 0.29) is 12.2 Å². The number of carbonyl (C=O) groups is 1. The number of carboxylic acid groups (broad SMARTS) is 1. The third-order valence-corrected chi connectivity index (χ3v) is 7.55. The molecule has 160 valence electrons. The number of ether oxygens (including phenoxy) is 1. The fourth-order valence-corrected chi connectivity index (χ4v) is 6.76. The average Bonchev–Trinajstić information content (AvgIpc) is 2.70. The van der Waals surface area contributed by atoms with E-state index in [4.69, 9.17) is 4.74 Å². The van der Waals surface area contributed by atoms with E-state index < -0.39 is 12.1 Å². The van der Waals surface area contributed by atoms with Crippen molar-refractivity contribution < 1.29 is 19.7 Å². The van der Waals surface area contributed by atoms with Crippen LogP contribution in [0.25, 0.3) is 10.8 Å². The summed E-state index contributed by atoms with van der Waals surface area (Å²) in [6.07, 6.45) is 7.67. The van der Waals surface area contributed by atoms with Crippen molar-refractivity contribution in [2.24, 2.45) is 23.2 Å². The molecule has 0 amide bonds. The lowest BCUT2D eigenvalue weighted by molar-refractivity contribution is -0.0524. The predicted octanol–water partition coefficient (Wildman–Crippen LogP) is 4.08. The lowest BCUT2D eigenvalue weighted by Crippen LogP contribution is -2.51. The highest BCUT2D eigenvalue weighted by atomic mass is 16.5. The second-order valence-corrected chi connectivity index (χ2v) is 10.0. The van der Waals surface area contributed by atoms with Crippen LogP contribution in [0.4, 0.5) is 0 Å². The standard InChI is InChI=1S/C25H31NO4/c27-21(13-26-15-25-10-16-5-17(11-25)7-18(6-16)12-25)14-30-23-9-20-4-2-1-3-19(20)8-22(23)24(28)29/h1-4,8-9,16-18,21,26-27H,5-7,10-15H2,(H,28,29). The molecule has 30 heavy (non-hydrogen) atoms. The minimum Gasteiger partial charge on any atom is -0.490 e. The third kappa shape index (κ3) is 3.93. The van der Waals surface area contributed by atoms with E-state index in [1.807, 2.05) is 24.3 Å². The minimum atomic E-state index is -1.02. The Morgan fingerprint density at radius 3 is 2.27 bits per heavy atom. The fourth-order valence-electron chi connectivity index (χ4n) is 6.76. The van der Waals surface area contributed by atoms with E-state index in [9.17, 15) is 15.0 Å². The van der Waals surface area contributed by atoms with Gasteiger partial charge in [0.05, 0.1) is 0 Å². The van der Waals surface area contributed by atoms with Gasteiger partial charge in [-0.25, -0.2) is 4.79 Å². The van der Waals surface area contributed by atoms with Crippen LogP contribution in [-0.4, -0.2) is 42.0 Å². The highest BCUT2D eigenvalue weighted by molar-refractivity contribution is 5.97. The van der Waals surface area contributed by atoms with Gasteiger partial charge in [0, 0.05) is 13.1 Å². The molecule has 5 nitrogen and oxygen atoms in total. The topological polar surface area (TPSA) is 78.8 Å². The first-order valence-electron chi connectivity index (χ1n) is 11.3. The molecular weight excluding hydrogens is 378 g/mol. The van der Waals surface area contributed by atoms with E-state index >= 15 is 0 Å². The van der Waals surface area contributed by atoms with Gasteiger partial charge in [-0.1, -0.05) is 24.3 Å². The van der Waals surface area contributed by atoms with Gasteiger partial charge < -0.3 is 20.3 Å². The second-order valence-electron chi connectivity index (χ2n) is 10.0. The van der Waals surface area contributed by atoms with Crippen LogP contribution in [0.1, 0.15) is 48.9 Å². The van der Waals surface area contributed by atoms with Crippen molar-refractivity contribution >= 4 is 16.7 Å². The molecule has 1 unspecified atom stereocenters. The van der Waals surface area contributed by atoms with Crippen molar-refractivity contribution in [1.29, 1.82) is 0 Å². The maximum absolute atomic E-state index is 11.6. The molecule has 0 aromatic heterocycles. The Morgan fingerprint density at radius 2 is 1.67 bits per heavy atom. The van der Waals surface area contributed by atoms with Crippen LogP contribution in [-0.2, 0) is 0 Å². The normalized spacial score (nSPS) is 30.5. The largest absolute Gasteiger partial charge is 0.490 e. The lowest BCUT2D eigenvalue weighted by atomic mass is 9.49. The number of benzene rings is 2. The molecule has 0 radical (unpaired) electrons. The van der Waals surface area contributed by atoms with Crippen LogP contribution in [0.5, 0.6) is 5.75 Å². The summed E-state index contributed by atoms with van der Waals surface area (Å²) in [5.41, 5.74) is 0.562. The number of aromatic carboxylic acids is 1. The second kappa shape index (κ2) is 7.86. The fraction of sp³-hybridized carbons (Fsp3) is 0.560. The molecule has 5 heteroatoms. The molecule has 0 aliphatic heterocycles. The number of aliphatic hydroxyl groups is 1. The van der Waals surface area contributed by atoms with Crippen molar-refractivity contribution in [3.8, 4) is 5.75 Å². The Hall–Kier alpha value is -2.11. The molecule has 3 N–H and O–H groups in total. The molecule has 0 heterocycles. The van der Waals surface area contributed by atoms with Crippen LogP contribution in [0, 0.1) is 23.2 Å². The van der Waals surface area contributed by atoms with Gasteiger partial charge in [-0.15, -0.1) is 0 Å². The molecule has 2 aromatic carbocycles. The van der Waals surface area contributed by atoms with E-state index in [1.54, 1.807) is 12.1 Å². The summed E-state index contributed by atoms with van der Waals surface area (Å²) in [6.45, 7) is 1.52. The first-order chi connectivity index (χ1) is 14.5. The maximum atomic E-state index is 11.6. The van der Waals surface area contributed by atoms with E-state index in [2.05, 4.69) is 5.32 Å². The van der Waals surface area contributed by atoms with E-state index in [1.165, 1.54) is 38.5 Å². The Labute approximate surface area is 177 Å². The highest BCUT2D eigenvalue weighted by Crippen LogP contribution is 2.59. The summed E-state index contributed by atoms with van der Waals surface area (Å²) in [5.74, 6) is 2.06. The van der Waals surface area contributed by atoms with Gasteiger partial charge in [0.25, 0.3) is 0 Å². The number of hydrogen-bond acceptors (Lipinski definition) is 4. The summed E-state index contributed by atoms with van der Waals surface area (Å²) in [6, 6.07) is 11.0. The molecule has 4 bridgehead atoms. The minimum absolute atomic E-state index is 0.0759. The smallest absolute Gasteiger partial charge is 0.339 e. The first-order valence-corrected chi connectivity index (χ1v) is 11.3. The molecule has 2 aromatic rings. The van der Waals surface area contributed by atoms with Crippen molar-refractivity contribution in [2.75, 3.05) is 19.7 Å². The van der Waals surface area contributed by atoms with Gasteiger partial charge >= 0.3 is 5.97 Å². The van der Waals surface area contributed by atoms with Crippen LogP contribution in [0.3, 0.4) is 0 Å². The van der Waals surface area contributed by atoms with Crippen molar-refractivity contribution in [1.82, 2.24) is 5.32 Å². The Bertz CT molecular complexity index is 905. The van der Waals surface area contributed by atoms with Crippen LogP contribution < -0.4 is 10.1 Å². The number of hydrogen-bond donors (Lipinski definition) is 3. The van der Waals surface area contributed by atoms with Gasteiger partial charge in [0.2, 0.25) is 0 Å². The van der Waals surface area contributed by atoms with E-state index in [0.717, 1.165) is 35.1 Å². The van der Waals surface area contributed by atoms with Crippen molar-refractivity contribution in [3.05, 3.63) is 42.0 Å². The molecular formula is C25H31NO4. The third-order valence-electron chi connectivity index (χ3n) is 7.55. The maximum Gasteiger partial charge on any atom is 0.339 e. The van der Waals surface area contributed by atoms with Gasteiger partial charge in [0.15, 0.2) is 0 Å². The van der Waals surface area contributed by atoms with Crippen molar-refractivity contribution in [3.63, 3.8) is 0 Å². The van der Waals surface area contributed by atoms with Crippen LogP contribution >= 0.6 is 0 Å². The van der Waals surface area contributed by atoms with Crippen molar-refractivity contribution in [2.45, 2.75) is 44.6 Å². The molecule has 0 spiro atoms. The molecule has 1 atom stereocenters. The number of fused-ring (bicyclic) bond motifs is 1. The molecule has 4 aliphatic rings.